The Morgan fingerprint density at radius 3 is 1.30 bits per heavy atom. The zero-order chi connectivity index (χ0) is 16.1. The molecule has 23 heavy (non-hydrogen) atoms. The number of methoxy groups -OCH3 is 2. The molecule has 3 aliphatic rings. The van der Waals surface area contributed by atoms with Gasteiger partial charge in [-0.25, -0.2) is 0 Å². The molecule has 2 nitrogen and oxygen atoms in total. The van der Waals surface area contributed by atoms with Crippen LogP contribution in [0.4, 0.5) is 0 Å². The van der Waals surface area contributed by atoms with Gasteiger partial charge in [-0.15, -0.1) is 0 Å². The van der Waals surface area contributed by atoms with Crippen molar-refractivity contribution >= 4 is 0 Å². The van der Waals surface area contributed by atoms with E-state index in [4.69, 9.17) is 9.47 Å². The third kappa shape index (κ3) is 4.51. The van der Waals surface area contributed by atoms with E-state index in [1.807, 2.05) is 14.2 Å². The molecule has 3 fully saturated rings. The Bertz CT molecular complexity index is 297. The molecule has 0 radical (unpaired) electrons. The van der Waals surface area contributed by atoms with Gasteiger partial charge >= 0.3 is 0 Å². The molecular formula is C21H38O2. The smallest absolute Gasteiger partial charge is 0.0571 e. The van der Waals surface area contributed by atoms with Crippen molar-refractivity contribution in [3.63, 3.8) is 0 Å². The highest BCUT2D eigenvalue weighted by Crippen LogP contribution is 2.47. The van der Waals surface area contributed by atoms with Gasteiger partial charge in [-0.2, -0.15) is 0 Å². The van der Waals surface area contributed by atoms with Crippen LogP contribution in [0, 0.1) is 23.7 Å². The molecule has 134 valence electrons. The molecule has 0 unspecified atom stereocenters. The minimum Gasteiger partial charge on any atom is -0.381 e. The van der Waals surface area contributed by atoms with E-state index in [1.54, 1.807) is 0 Å². The predicted molar refractivity (Wildman–Crippen MR) is 95.6 cm³/mol. The van der Waals surface area contributed by atoms with Crippen LogP contribution in [0.15, 0.2) is 0 Å². The highest BCUT2D eigenvalue weighted by atomic mass is 16.5. The van der Waals surface area contributed by atoms with Crippen LogP contribution in [0.5, 0.6) is 0 Å². The Hall–Kier alpha value is -0.0800. The maximum absolute atomic E-state index is 5.62. The van der Waals surface area contributed by atoms with Gasteiger partial charge in [0.2, 0.25) is 0 Å². The lowest BCUT2D eigenvalue weighted by Gasteiger charge is -2.45. The second kappa shape index (κ2) is 8.85. The van der Waals surface area contributed by atoms with Crippen molar-refractivity contribution < 1.29 is 9.47 Å². The van der Waals surface area contributed by atoms with Crippen molar-refractivity contribution in [2.24, 2.45) is 23.7 Å². The first-order valence-electron chi connectivity index (χ1n) is 10.4. The topological polar surface area (TPSA) is 18.5 Å². The summed E-state index contributed by atoms with van der Waals surface area (Å²) in [5.74, 6) is 3.99. The third-order valence-electron chi connectivity index (χ3n) is 7.39. The van der Waals surface area contributed by atoms with Crippen LogP contribution in [0.3, 0.4) is 0 Å². The van der Waals surface area contributed by atoms with Crippen molar-refractivity contribution in [3.8, 4) is 0 Å². The van der Waals surface area contributed by atoms with Crippen molar-refractivity contribution in [1.82, 2.24) is 0 Å². The Morgan fingerprint density at radius 2 is 0.913 bits per heavy atom. The van der Waals surface area contributed by atoms with Crippen LogP contribution >= 0.6 is 0 Å². The highest BCUT2D eigenvalue weighted by Gasteiger charge is 2.39. The summed E-state index contributed by atoms with van der Waals surface area (Å²) in [7, 11) is 3.80. The highest BCUT2D eigenvalue weighted by molar-refractivity contribution is 4.89. The second-order valence-corrected chi connectivity index (χ2v) is 8.52. The SMILES string of the molecule is COC1CCC(C(C2CCCCC2)C2CCC(OC)CC2)CC1. The van der Waals surface area contributed by atoms with E-state index in [-0.39, 0.29) is 0 Å². The van der Waals surface area contributed by atoms with Gasteiger partial charge in [-0.1, -0.05) is 32.1 Å². The van der Waals surface area contributed by atoms with Crippen molar-refractivity contribution in [3.05, 3.63) is 0 Å². The van der Waals surface area contributed by atoms with Crippen LogP contribution in [-0.2, 0) is 9.47 Å². The van der Waals surface area contributed by atoms with E-state index in [0.29, 0.717) is 12.2 Å². The van der Waals surface area contributed by atoms with Crippen molar-refractivity contribution in [2.45, 2.75) is 95.7 Å². The Labute approximate surface area is 143 Å². The fraction of sp³-hybridized carbons (Fsp3) is 1.00. The molecule has 0 bridgehead atoms. The average Bonchev–Trinajstić information content (AvgIpc) is 2.64. The first-order chi connectivity index (χ1) is 11.3. The molecule has 3 saturated carbocycles. The molecular weight excluding hydrogens is 284 g/mol. The summed E-state index contributed by atoms with van der Waals surface area (Å²) in [4.78, 5) is 0. The van der Waals surface area contributed by atoms with Gasteiger partial charge in [0.05, 0.1) is 12.2 Å². The van der Waals surface area contributed by atoms with E-state index in [9.17, 15) is 0 Å². The van der Waals surface area contributed by atoms with Crippen molar-refractivity contribution in [1.29, 1.82) is 0 Å². The lowest BCUT2D eigenvalue weighted by molar-refractivity contribution is -0.00643. The largest absolute Gasteiger partial charge is 0.381 e. The van der Waals surface area contributed by atoms with Crippen LogP contribution in [0.25, 0.3) is 0 Å². The van der Waals surface area contributed by atoms with E-state index in [1.165, 1.54) is 83.5 Å². The standard InChI is InChI=1S/C21H38O2/c1-22-19-12-8-17(9-13-19)21(16-6-4-3-5-7-16)18-10-14-20(23-2)15-11-18/h16-21H,3-15H2,1-2H3. The van der Waals surface area contributed by atoms with Gasteiger partial charge in [0.15, 0.2) is 0 Å². The molecule has 0 N–H and O–H groups in total. The number of ether oxygens (including phenoxy) is 2. The molecule has 0 heterocycles. The lowest BCUT2D eigenvalue weighted by atomic mass is 9.61. The van der Waals surface area contributed by atoms with Gasteiger partial charge in [-0.3, -0.25) is 0 Å². The number of hydrogen-bond acceptors (Lipinski definition) is 2. The number of rotatable bonds is 5. The van der Waals surface area contributed by atoms with Crippen LogP contribution in [0.2, 0.25) is 0 Å². The van der Waals surface area contributed by atoms with Crippen molar-refractivity contribution in [2.75, 3.05) is 14.2 Å². The van der Waals surface area contributed by atoms with Gasteiger partial charge in [0, 0.05) is 14.2 Å². The maximum Gasteiger partial charge on any atom is 0.0571 e. The lowest BCUT2D eigenvalue weighted by Crippen LogP contribution is -2.37. The Kier molecular flexibility index (Phi) is 6.83. The molecule has 0 saturated heterocycles. The minimum atomic E-state index is 0.544. The molecule has 3 rings (SSSR count). The summed E-state index contributed by atoms with van der Waals surface area (Å²) in [6.07, 6.45) is 19.5. The first-order valence-corrected chi connectivity index (χ1v) is 10.4. The molecule has 0 atom stereocenters. The Morgan fingerprint density at radius 1 is 0.522 bits per heavy atom. The van der Waals surface area contributed by atoms with Gasteiger partial charge < -0.3 is 9.47 Å². The van der Waals surface area contributed by atoms with E-state index in [0.717, 1.165) is 23.7 Å². The second-order valence-electron chi connectivity index (χ2n) is 8.52. The monoisotopic (exact) mass is 322 g/mol. The number of hydrogen-bond donors (Lipinski definition) is 0. The zero-order valence-corrected chi connectivity index (χ0v) is 15.5. The first kappa shape index (κ1) is 17.7. The van der Waals surface area contributed by atoms with Gasteiger partial charge in [-0.05, 0) is 75.0 Å². The molecule has 0 aromatic carbocycles. The third-order valence-corrected chi connectivity index (χ3v) is 7.39. The summed E-state index contributed by atoms with van der Waals surface area (Å²) in [5.41, 5.74) is 0. The van der Waals surface area contributed by atoms with E-state index in [2.05, 4.69) is 0 Å². The quantitative estimate of drug-likeness (QED) is 0.656. The fourth-order valence-electron chi connectivity index (χ4n) is 6.09. The Balaban J connectivity index is 1.64. The molecule has 0 aromatic heterocycles. The molecule has 0 spiro atoms. The zero-order valence-electron chi connectivity index (χ0n) is 15.5. The van der Waals surface area contributed by atoms with Gasteiger partial charge in [0.1, 0.15) is 0 Å². The van der Waals surface area contributed by atoms with Crippen LogP contribution < -0.4 is 0 Å². The molecule has 0 aliphatic heterocycles. The molecule has 0 aromatic rings. The summed E-state index contributed by atoms with van der Waals surface area (Å²) in [5, 5.41) is 0. The fourth-order valence-corrected chi connectivity index (χ4v) is 6.09. The maximum atomic E-state index is 5.62. The van der Waals surface area contributed by atoms with E-state index >= 15 is 0 Å². The average molecular weight is 323 g/mol. The molecule has 2 heteroatoms. The summed E-state index contributed by atoms with van der Waals surface area (Å²) in [6.45, 7) is 0. The van der Waals surface area contributed by atoms with Crippen LogP contribution in [-0.4, -0.2) is 26.4 Å². The molecule has 0 amide bonds. The van der Waals surface area contributed by atoms with Crippen LogP contribution in [0.1, 0.15) is 83.5 Å². The summed E-state index contributed by atoms with van der Waals surface area (Å²) in [6, 6.07) is 0. The summed E-state index contributed by atoms with van der Waals surface area (Å²) < 4.78 is 11.2. The normalized spacial score (nSPS) is 38.3. The molecule has 3 aliphatic carbocycles. The predicted octanol–water partition coefficient (Wildman–Crippen LogP) is 5.59. The van der Waals surface area contributed by atoms with Gasteiger partial charge in [0.25, 0.3) is 0 Å². The van der Waals surface area contributed by atoms with E-state index < -0.39 is 0 Å². The summed E-state index contributed by atoms with van der Waals surface area (Å²) >= 11 is 0. The minimum absolute atomic E-state index is 0.544.